The second kappa shape index (κ2) is 6.68. The SMILES string of the molecule is OCCN(CC1CCCN1)c1ccnc2cc(Br)cnc12. The standard InChI is InChI=1S/C15H19BrN4O/c16-11-8-13-15(19-9-11)14(3-5-18-13)20(6-7-21)10-12-2-1-4-17-12/h3,5,8-9,12,17,21H,1-2,4,6-7,10H2. The molecule has 5 nitrogen and oxygen atoms in total. The van der Waals surface area contributed by atoms with Gasteiger partial charge in [0.25, 0.3) is 0 Å². The molecule has 1 aliphatic rings. The summed E-state index contributed by atoms with van der Waals surface area (Å²) in [7, 11) is 0. The van der Waals surface area contributed by atoms with Gasteiger partial charge in [-0.15, -0.1) is 0 Å². The molecule has 2 N–H and O–H groups in total. The predicted octanol–water partition coefficient (Wildman–Crippen LogP) is 1.94. The zero-order valence-electron chi connectivity index (χ0n) is 11.8. The molecule has 1 saturated heterocycles. The average molecular weight is 351 g/mol. The molecule has 2 aromatic rings. The number of anilines is 1. The largest absolute Gasteiger partial charge is 0.395 e. The third-order valence-corrected chi connectivity index (χ3v) is 4.27. The highest BCUT2D eigenvalue weighted by molar-refractivity contribution is 9.10. The van der Waals surface area contributed by atoms with Crippen LogP contribution in [0.5, 0.6) is 0 Å². The fraction of sp³-hybridized carbons (Fsp3) is 0.467. The highest BCUT2D eigenvalue weighted by atomic mass is 79.9. The first kappa shape index (κ1) is 14.7. The molecule has 0 amide bonds. The van der Waals surface area contributed by atoms with E-state index in [-0.39, 0.29) is 6.61 Å². The molecule has 0 bridgehead atoms. The monoisotopic (exact) mass is 350 g/mol. The summed E-state index contributed by atoms with van der Waals surface area (Å²) in [4.78, 5) is 11.1. The number of aliphatic hydroxyl groups excluding tert-OH is 1. The predicted molar refractivity (Wildman–Crippen MR) is 87.6 cm³/mol. The van der Waals surface area contributed by atoms with Crippen molar-refractivity contribution in [1.29, 1.82) is 0 Å². The first-order valence-electron chi connectivity index (χ1n) is 7.27. The molecule has 1 atom stereocenters. The van der Waals surface area contributed by atoms with Crippen LogP contribution in [0.4, 0.5) is 5.69 Å². The first-order chi connectivity index (χ1) is 10.3. The number of pyridine rings is 2. The van der Waals surface area contributed by atoms with Gasteiger partial charge in [0.2, 0.25) is 0 Å². The summed E-state index contributed by atoms with van der Waals surface area (Å²) in [5.74, 6) is 0. The Balaban J connectivity index is 1.94. The Labute approximate surface area is 132 Å². The van der Waals surface area contributed by atoms with Crippen molar-refractivity contribution in [2.45, 2.75) is 18.9 Å². The van der Waals surface area contributed by atoms with Gasteiger partial charge in [-0.25, -0.2) is 0 Å². The van der Waals surface area contributed by atoms with Crippen molar-refractivity contribution in [3.05, 3.63) is 29.0 Å². The third kappa shape index (κ3) is 3.33. The second-order valence-corrected chi connectivity index (χ2v) is 6.23. The number of hydrogen-bond acceptors (Lipinski definition) is 5. The van der Waals surface area contributed by atoms with Crippen molar-refractivity contribution in [3.8, 4) is 0 Å². The van der Waals surface area contributed by atoms with E-state index in [0.717, 1.165) is 34.3 Å². The van der Waals surface area contributed by atoms with Gasteiger partial charge in [-0.3, -0.25) is 9.97 Å². The summed E-state index contributed by atoms with van der Waals surface area (Å²) >= 11 is 3.43. The maximum Gasteiger partial charge on any atom is 0.112 e. The molecule has 0 saturated carbocycles. The van der Waals surface area contributed by atoms with Crippen LogP contribution in [0.1, 0.15) is 12.8 Å². The molecule has 1 unspecified atom stereocenters. The minimum absolute atomic E-state index is 0.132. The molecule has 3 heterocycles. The maximum atomic E-state index is 9.38. The molecule has 0 spiro atoms. The van der Waals surface area contributed by atoms with E-state index in [1.165, 1.54) is 12.8 Å². The topological polar surface area (TPSA) is 61.3 Å². The number of nitrogens with one attached hydrogen (secondary N) is 1. The van der Waals surface area contributed by atoms with Crippen LogP contribution in [0, 0.1) is 0 Å². The van der Waals surface area contributed by atoms with E-state index in [2.05, 4.69) is 36.1 Å². The zero-order chi connectivity index (χ0) is 14.7. The van der Waals surface area contributed by atoms with Gasteiger partial charge in [0, 0.05) is 36.0 Å². The van der Waals surface area contributed by atoms with Gasteiger partial charge in [-0.2, -0.15) is 0 Å². The molecule has 1 aliphatic heterocycles. The molecule has 3 rings (SSSR count). The van der Waals surface area contributed by atoms with Gasteiger partial charge in [-0.1, -0.05) is 0 Å². The normalized spacial score (nSPS) is 18.3. The second-order valence-electron chi connectivity index (χ2n) is 5.31. The van der Waals surface area contributed by atoms with Gasteiger partial charge in [0.05, 0.1) is 17.8 Å². The summed E-state index contributed by atoms with van der Waals surface area (Å²) in [6, 6.07) is 4.43. The summed E-state index contributed by atoms with van der Waals surface area (Å²) in [5.41, 5.74) is 2.78. The molecule has 112 valence electrons. The zero-order valence-corrected chi connectivity index (χ0v) is 13.4. The van der Waals surface area contributed by atoms with Crippen molar-refractivity contribution in [2.75, 3.05) is 31.1 Å². The lowest BCUT2D eigenvalue weighted by atomic mass is 10.2. The van der Waals surface area contributed by atoms with Crippen molar-refractivity contribution >= 4 is 32.7 Å². The Kier molecular flexibility index (Phi) is 4.67. The van der Waals surface area contributed by atoms with Crippen LogP contribution in [-0.2, 0) is 0 Å². The molecule has 0 radical (unpaired) electrons. The number of nitrogens with zero attached hydrogens (tertiary/aromatic N) is 3. The van der Waals surface area contributed by atoms with E-state index < -0.39 is 0 Å². The first-order valence-corrected chi connectivity index (χ1v) is 8.06. The molecular formula is C15H19BrN4O. The Morgan fingerprint density at radius 1 is 1.43 bits per heavy atom. The molecule has 21 heavy (non-hydrogen) atoms. The lowest BCUT2D eigenvalue weighted by Gasteiger charge is -2.27. The number of hydrogen-bond donors (Lipinski definition) is 2. The molecule has 1 fully saturated rings. The number of halogens is 1. The van der Waals surface area contributed by atoms with E-state index in [1.54, 1.807) is 12.4 Å². The quantitative estimate of drug-likeness (QED) is 0.862. The van der Waals surface area contributed by atoms with E-state index in [1.807, 2.05) is 12.1 Å². The van der Waals surface area contributed by atoms with Crippen LogP contribution >= 0.6 is 15.9 Å². The summed E-state index contributed by atoms with van der Waals surface area (Å²) in [6.45, 7) is 2.71. The summed E-state index contributed by atoms with van der Waals surface area (Å²) in [5, 5.41) is 12.9. The van der Waals surface area contributed by atoms with E-state index >= 15 is 0 Å². The fourth-order valence-electron chi connectivity index (χ4n) is 2.86. The van der Waals surface area contributed by atoms with Crippen LogP contribution < -0.4 is 10.2 Å². The Morgan fingerprint density at radius 2 is 2.33 bits per heavy atom. The van der Waals surface area contributed by atoms with Crippen LogP contribution in [0.15, 0.2) is 29.0 Å². The van der Waals surface area contributed by atoms with Gasteiger partial charge in [0.1, 0.15) is 5.52 Å². The fourth-order valence-corrected chi connectivity index (χ4v) is 3.18. The van der Waals surface area contributed by atoms with Gasteiger partial charge in [0.15, 0.2) is 0 Å². The van der Waals surface area contributed by atoms with Crippen LogP contribution in [0.2, 0.25) is 0 Å². The van der Waals surface area contributed by atoms with Crippen molar-refractivity contribution in [2.24, 2.45) is 0 Å². The molecule has 6 heteroatoms. The Morgan fingerprint density at radius 3 is 3.10 bits per heavy atom. The summed E-state index contributed by atoms with van der Waals surface area (Å²) in [6.07, 6.45) is 6.00. The van der Waals surface area contributed by atoms with Gasteiger partial charge >= 0.3 is 0 Å². The lowest BCUT2D eigenvalue weighted by molar-refractivity contribution is 0.300. The third-order valence-electron chi connectivity index (χ3n) is 3.84. The molecular weight excluding hydrogens is 332 g/mol. The Hall–Kier alpha value is -1.24. The average Bonchev–Trinajstić information content (AvgIpc) is 2.99. The number of fused-ring (bicyclic) bond motifs is 1. The van der Waals surface area contributed by atoms with Crippen LogP contribution in [-0.4, -0.2) is 47.4 Å². The van der Waals surface area contributed by atoms with Crippen LogP contribution in [0.3, 0.4) is 0 Å². The highest BCUT2D eigenvalue weighted by Crippen LogP contribution is 2.26. The lowest BCUT2D eigenvalue weighted by Crippen LogP contribution is -2.39. The van der Waals surface area contributed by atoms with Gasteiger partial charge in [-0.05, 0) is 47.4 Å². The molecule has 0 aromatic carbocycles. The number of rotatable bonds is 5. The highest BCUT2D eigenvalue weighted by Gasteiger charge is 2.19. The Bertz CT molecular complexity index is 616. The van der Waals surface area contributed by atoms with E-state index in [0.29, 0.717) is 12.6 Å². The molecule has 0 aliphatic carbocycles. The maximum absolute atomic E-state index is 9.38. The molecule has 2 aromatic heterocycles. The summed E-state index contributed by atoms with van der Waals surface area (Å²) < 4.78 is 0.922. The van der Waals surface area contributed by atoms with E-state index in [4.69, 9.17) is 0 Å². The van der Waals surface area contributed by atoms with Crippen molar-refractivity contribution < 1.29 is 5.11 Å². The van der Waals surface area contributed by atoms with Crippen molar-refractivity contribution in [3.63, 3.8) is 0 Å². The van der Waals surface area contributed by atoms with Crippen molar-refractivity contribution in [1.82, 2.24) is 15.3 Å². The van der Waals surface area contributed by atoms with E-state index in [9.17, 15) is 5.11 Å². The van der Waals surface area contributed by atoms with Gasteiger partial charge < -0.3 is 15.3 Å². The minimum Gasteiger partial charge on any atom is -0.395 e. The van der Waals surface area contributed by atoms with Crippen LogP contribution in [0.25, 0.3) is 11.0 Å². The number of aromatic nitrogens is 2. The smallest absolute Gasteiger partial charge is 0.112 e. The number of aliphatic hydroxyl groups is 1. The minimum atomic E-state index is 0.132.